The van der Waals surface area contributed by atoms with Crippen LogP contribution in [0.2, 0.25) is 0 Å². The third-order valence-corrected chi connectivity index (χ3v) is 7.62. The van der Waals surface area contributed by atoms with Crippen molar-refractivity contribution in [3.8, 4) is 5.75 Å². The van der Waals surface area contributed by atoms with Crippen LogP contribution in [0.1, 0.15) is 30.4 Å². The lowest BCUT2D eigenvalue weighted by Crippen LogP contribution is -2.56. The molecule has 0 amide bonds. The molecular formula is C26H28N2O5. The number of carbonyl (C=O) groups excluding carboxylic acids is 1. The first-order valence-corrected chi connectivity index (χ1v) is 11.4. The minimum atomic E-state index is -0.753. The summed E-state index contributed by atoms with van der Waals surface area (Å²) in [5, 5.41) is 11.7. The van der Waals surface area contributed by atoms with Crippen molar-refractivity contribution in [3.63, 3.8) is 0 Å². The zero-order chi connectivity index (χ0) is 23.0. The van der Waals surface area contributed by atoms with E-state index >= 15 is 0 Å². The smallest absolute Gasteiger partial charge is 0.273 e. The summed E-state index contributed by atoms with van der Waals surface area (Å²) >= 11 is 0. The minimum absolute atomic E-state index is 0.0298. The van der Waals surface area contributed by atoms with Crippen LogP contribution in [-0.4, -0.2) is 48.5 Å². The third kappa shape index (κ3) is 3.75. The van der Waals surface area contributed by atoms with Crippen molar-refractivity contribution in [1.82, 2.24) is 4.90 Å². The molecule has 2 aliphatic heterocycles. The number of nitro groups is 1. The maximum absolute atomic E-state index is 13.6. The zero-order valence-electron chi connectivity index (χ0n) is 18.7. The van der Waals surface area contributed by atoms with Gasteiger partial charge in [0.2, 0.25) is 0 Å². The summed E-state index contributed by atoms with van der Waals surface area (Å²) in [5.74, 6) is 1.16. The second-order valence-electron chi connectivity index (χ2n) is 9.18. The van der Waals surface area contributed by atoms with Crippen molar-refractivity contribution in [2.75, 3.05) is 26.8 Å². The van der Waals surface area contributed by atoms with Crippen LogP contribution in [0.5, 0.6) is 5.75 Å². The minimum Gasteiger partial charge on any atom is -0.497 e. The number of methoxy groups -OCH3 is 1. The highest BCUT2D eigenvalue weighted by atomic mass is 16.6. The number of hydrogen-bond donors (Lipinski definition) is 0. The number of nitro benzene ring substituents is 1. The molecule has 2 bridgehead atoms. The molecule has 0 N–H and O–H groups in total. The Morgan fingerprint density at radius 1 is 1.21 bits per heavy atom. The molecule has 0 unspecified atom stereocenters. The van der Waals surface area contributed by atoms with Gasteiger partial charge in [-0.1, -0.05) is 42.0 Å². The van der Waals surface area contributed by atoms with Gasteiger partial charge in [0.1, 0.15) is 11.5 Å². The molecule has 5 rings (SSSR count). The van der Waals surface area contributed by atoms with Crippen LogP contribution in [0.25, 0.3) is 0 Å². The van der Waals surface area contributed by atoms with E-state index < -0.39 is 5.41 Å². The molecule has 33 heavy (non-hydrogen) atoms. The Bertz CT molecular complexity index is 1100. The summed E-state index contributed by atoms with van der Waals surface area (Å²) in [7, 11) is 1.65. The van der Waals surface area contributed by atoms with Crippen molar-refractivity contribution in [3.05, 3.63) is 81.4 Å². The number of ether oxygens (including phenoxy) is 2. The van der Waals surface area contributed by atoms with Crippen LogP contribution in [0.15, 0.2) is 60.2 Å². The van der Waals surface area contributed by atoms with Crippen molar-refractivity contribution < 1.29 is 19.2 Å². The van der Waals surface area contributed by atoms with E-state index in [4.69, 9.17) is 9.47 Å². The molecule has 2 aromatic carbocycles. The molecule has 0 spiro atoms. The van der Waals surface area contributed by atoms with Crippen molar-refractivity contribution >= 4 is 11.5 Å². The fourth-order valence-electron chi connectivity index (χ4n) is 5.99. The Hall–Kier alpha value is -3.03. The summed E-state index contributed by atoms with van der Waals surface area (Å²) in [4.78, 5) is 27.3. The number of benzene rings is 2. The van der Waals surface area contributed by atoms with E-state index in [0.717, 1.165) is 30.8 Å². The lowest BCUT2D eigenvalue weighted by atomic mass is 9.60. The SMILES string of the molecule is COc1ccc(COC/C=C2\CN3CC[C@@]4(c5ccccc5[N+](=O)[O-])C(=O)C[C@H]2C[C@H]34)cc1. The van der Waals surface area contributed by atoms with Gasteiger partial charge in [0.05, 0.1) is 30.7 Å². The lowest BCUT2D eigenvalue weighted by molar-refractivity contribution is -0.386. The quantitative estimate of drug-likeness (QED) is 0.275. The number of piperidine rings is 1. The molecule has 2 heterocycles. The number of hydrogen-bond acceptors (Lipinski definition) is 6. The normalized spacial score (nSPS) is 27.7. The number of ketones is 1. The summed E-state index contributed by atoms with van der Waals surface area (Å²) in [5.41, 5.74) is 2.25. The molecule has 3 atom stereocenters. The lowest BCUT2D eigenvalue weighted by Gasteiger charge is -2.48. The molecule has 3 aliphatic rings. The first-order chi connectivity index (χ1) is 16.0. The molecule has 2 saturated heterocycles. The maximum atomic E-state index is 13.6. The van der Waals surface area contributed by atoms with Gasteiger partial charge in [0, 0.05) is 37.2 Å². The van der Waals surface area contributed by atoms with Gasteiger partial charge in [-0.2, -0.15) is 0 Å². The number of Topliss-reactive ketones (excluding diaryl/α,β-unsaturated/α-hetero) is 1. The van der Waals surface area contributed by atoms with E-state index in [1.165, 1.54) is 11.6 Å². The topological polar surface area (TPSA) is 81.9 Å². The van der Waals surface area contributed by atoms with Crippen LogP contribution < -0.4 is 4.74 Å². The van der Waals surface area contributed by atoms with E-state index in [0.29, 0.717) is 31.6 Å². The van der Waals surface area contributed by atoms with E-state index in [1.807, 2.05) is 30.3 Å². The van der Waals surface area contributed by atoms with Crippen molar-refractivity contribution in [2.24, 2.45) is 5.92 Å². The van der Waals surface area contributed by atoms with Crippen LogP contribution in [0, 0.1) is 16.0 Å². The Kier molecular flexibility index (Phi) is 5.76. The van der Waals surface area contributed by atoms with Crippen LogP contribution in [0.3, 0.4) is 0 Å². The molecule has 1 saturated carbocycles. The molecule has 1 aliphatic carbocycles. The van der Waals surface area contributed by atoms with E-state index in [9.17, 15) is 14.9 Å². The second kappa shape index (κ2) is 8.72. The van der Waals surface area contributed by atoms with Crippen LogP contribution in [0.4, 0.5) is 5.69 Å². The van der Waals surface area contributed by atoms with Gasteiger partial charge in [-0.15, -0.1) is 0 Å². The highest BCUT2D eigenvalue weighted by molar-refractivity contribution is 5.94. The highest BCUT2D eigenvalue weighted by Crippen LogP contribution is 2.54. The van der Waals surface area contributed by atoms with E-state index in [1.54, 1.807) is 19.2 Å². The van der Waals surface area contributed by atoms with Crippen LogP contribution in [-0.2, 0) is 21.6 Å². The number of rotatable bonds is 7. The Morgan fingerprint density at radius 3 is 2.76 bits per heavy atom. The maximum Gasteiger partial charge on any atom is 0.273 e. The fourth-order valence-corrected chi connectivity index (χ4v) is 5.99. The fraction of sp³-hybridized carbons (Fsp3) is 0.423. The Morgan fingerprint density at radius 2 is 2.00 bits per heavy atom. The molecule has 172 valence electrons. The predicted molar refractivity (Wildman–Crippen MR) is 123 cm³/mol. The molecule has 3 fully saturated rings. The van der Waals surface area contributed by atoms with E-state index in [-0.39, 0.29) is 28.4 Å². The summed E-state index contributed by atoms with van der Waals surface area (Å²) in [6.07, 6.45) is 4.09. The average molecular weight is 449 g/mol. The van der Waals surface area contributed by atoms with E-state index in [2.05, 4.69) is 11.0 Å². The molecule has 0 aromatic heterocycles. The van der Waals surface area contributed by atoms with Gasteiger partial charge in [0.25, 0.3) is 5.69 Å². The number of fused-ring (bicyclic) bond motifs is 1. The van der Waals surface area contributed by atoms with Gasteiger partial charge in [-0.25, -0.2) is 0 Å². The van der Waals surface area contributed by atoms with Gasteiger partial charge >= 0.3 is 0 Å². The molecule has 2 aromatic rings. The molecule has 0 radical (unpaired) electrons. The monoisotopic (exact) mass is 448 g/mol. The number of nitrogens with zero attached hydrogens (tertiary/aromatic N) is 2. The zero-order valence-corrected chi connectivity index (χ0v) is 18.7. The average Bonchev–Trinajstić information content (AvgIpc) is 3.24. The third-order valence-electron chi connectivity index (χ3n) is 7.62. The Labute approximate surface area is 193 Å². The molecular weight excluding hydrogens is 420 g/mol. The van der Waals surface area contributed by atoms with Gasteiger partial charge < -0.3 is 9.47 Å². The predicted octanol–water partition coefficient (Wildman–Crippen LogP) is 4.05. The Balaban J connectivity index is 1.30. The largest absolute Gasteiger partial charge is 0.497 e. The first-order valence-electron chi connectivity index (χ1n) is 11.4. The van der Waals surface area contributed by atoms with Crippen molar-refractivity contribution in [2.45, 2.75) is 37.3 Å². The highest BCUT2D eigenvalue weighted by Gasteiger charge is 2.60. The standard InChI is InChI=1S/C26H28N2O5/c1-32-21-8-6-18(7-9-21)17-33-13-10-19-16-27-12-11-26(24(27)14-20(19)15-25(26)29)22-4-2-3-5-23(22)28(30)31/h2-10,20,24H,11-17H2,1H3/b19-10+/t20-,24+,26+/m1/s1. The van der Waals surface area contributed by atoms with Gasteiger partial charge in [-0.3, -0.25) is 19.8 Å². The first kappa shape index (κ1) is 21.8. The summed E-state index contributed by atoms with van der Waals surface area (Å²) < 4.78 is 11.1. The molecule has 7 heteroatoms. The van der Waals surface area contributed by atoms with Gasteiger partial charge in [0.15, 0.2) is 0 Å². The summed E-state index contributed by atoms with van der Waals surface area (Å²) in [6, 6.07) is 14.7. The number of carbonyl (C=O) groups is 1. The second-order valence-corrected chi connectivity index (χ2v) is 9.18. The molecule has 7 nitrogen and oxygen atoms in total. The van der Waals surface area contributed by atoms with Crippen LogP contribution >= 0.6 is 0 Å². The summed E-state index contributed by atoms with van der Waals surface area (Å²) in [6.45, 7) is 2.60. The number of para-hydroxylation sites is 1. The van der Waals surface area contributed by atoms with Crippen molar-refractivity contribution in [1.29, 1.82) is 0 Å². The van der Waals surface area contributed by atoms with Gasteiger partial charge in [-0.05, 0) is 36.5 Å².